The van der Waals surface area contributed by atoms with Crippen LogP contribution in [0.3, 0.4) is 0 Å². The minimum atomic E-state index is 0.248. The van der Waals surface area contributed by atoms with E-state index in [-0.39, 0.29) is 5.91 Å². The van der Waals surface area contributed by atoms with Gasteiger partial charge in [-0.3, -0.25) is 4.79 Å². The Bertz CT molecular complexity index is 995. The molecule has 0 bridgehead atoms. The molecule has 1 heterocycles. The van der Waals surface area contributed by atoms with Crippen molar-refractivity contribution in [3.63, 3.8) is 0 Å². The van der Waals surface area contributed by atoms with Crippen LogP contribution in [-0.4, -0.2) is 24.0 Å². The van der Waals surface area contributed by atoms with Crippen molar-refractivity contribution in [3.8, 4) is 0 Å². The lowest BCUT2D eigenvalue weighted by Gasteiger charge is -2.30. The lowest BCUT2D eigenvalue weighted by atomic mass is 9.83. The van der Waals surface area contributed by atoms with Gasteiger partial charge in [0.15, 0.2) is 0 Å². The molecule has 1 saturated carbocycles. The van der Waals surface area contributed by atoms with Crippen LogP contribution in [0.5, 0.6) is 0 Å². The normalized spacial score (nSPS) is 25.7. The van der Waals surface area contributed by atoms with Crippen molar-refractivity contribution in [2.24, 2.45) is 11.8 Å². The van der Waals surface area contributed by atoms with Crippen molar-refractivity contribution in [1.29, 1.82) is 0 Å². The molecule has 1 aliphatic heterocycles. The molecule has 2 aliphatic carbocycles. The first-order valence-electron chi connectivity index (χ1n) is 11.6. The molecule has 0 radical (unpaired) electrons. The number of hydrogen-bond donors (Lipinski definition) is 0. The molecule has 0 spiro atoms. The molecule has 4 rings (SSSR count). The van der Waals surface area contributed by atoms with Crippen molar-refractivity contribution >= 4 is 18.1 Å². The third-order valence-corrected chi connectivity index (χ3v) is 7.32. The van der Waals surface area contributed by atoms with Gasteiger partial charge in [0.05, 0.1) is 7.11 Å². The Kier molecular flexibility index (Phi) is 6.17. The van der Waals surface area contributed by atoms with Gasteiger partial charge >= 0.3 is 0 Å². The summed E-state index contributed by atoms with van der Waals surface area (Å²) in [6.45, 7) is 7.26. The van der Waals surface area contributed by atoms with Gasteiger partial charge in [-0.15, -0.1) is 0 Å². The molecule has 3 aliphatic rings. The van der Waals surface area contributed by atoms with Crippen molar-refractivity contribution in [1.82, 2.24) is 4.90 Å². The SMILES string of the molecule is C/C=c1/c(CC2C=CC(OC)=CC2C)cc2c(/c1=C/C)CN(C1CCCCC1)C2=O. The molecule has 1 fully saturated rings. The van der Waals surface area contributed by atoms with E-state index in [9.17, 15) is 4.79 Å². The van der Waals surface area contributed by atoms with Gasteiger partial charge in [0.25, 0.3) is 5.91 Å². The van der Waals surface area contributed by atoms with E-state index in [4.69, 9.17) is 4.74 Å². The highest BCUT2D eigenvalue weighted by Crippen LogP contribution is 2.31. The number of fused-ring (bicyclic) bond motifs is 1. The Morgan fingerprint density at radius 1 is 1.13 bits per heavy atom. The fourth-order valence-corrected chi connectivity index (χ4v) is 5.58. The first-order valence-corrected chi connectivity index (χ1v) is 11.6. The van der Waals surface area contributed by atoms with E-state index < -0.39 is 0 Å². The number of methoxy groups -OCH3 is 1. The molecule has 0 saturated heterocycles. The average Bonchev–Trinajstić information content (AvgIpc) is 3.10. The van der Waals surface area contributed by atoms with Crippen LogP contribution in [0.25, 0.3) is 12.2 Å². The maximum atomic E-state index is 13.4. The van der Waals surface area contributed by atoms with Crippen molar-refractivity contribution < 1.29 is 9.53 Å². The molecule has 2 atom stereocenters. The second-order valence-corrected chi connectivity index (χ2v) is 9.05. The predicted octanol–water partition coefficient (Wildman–Crippen LogP) is 4.47. The van der Waals surface area contributed by atoms with E-state index in [1.165, 1.54) is 40.8 Å². The zero-order valence-electron chi connectivity index (χ0n) is 18.9. The lowest BCUT2D eigenvalue weighted by Crippen LogP contribution is -2.37. The van der Waals surface area contributed by atoms with E-state index in [2.05, 4.69) is 62.1 Å². The minimum Gasteiger partial charge on any atom is -0.497 e. The summed E-state index contributed by atoms with van der Waals surface area (Å²) in [5, 5.41) is 2.56. The summed E-state index contributed by atoms with van der Waals surface area (Å²) in [5.74, 6) is 2.01. The van der Waals surface area contributed by atoms with Gasteiger partial charge in [0, 0.05) is 18.2 Å². The Morgan fingerprint density at radius 2 is 1.87 bits per heavy atom. The van der Waals surface area contributed by atoms with Crippen LogP contribution >= 0.6 is 0 Å². The van der Waals surface area contributed by atoms with E-state index in [1.807, 2.05) is 0 Å². The third kappa shape index (κ3) is 3.75. The van der Waals surface area contributed by atoms with Crippen LogP contribution in [0.2, 0.25) is 0 Å². The second-order valence-electron chi connectivity index (χ2n) is 9.05. The summed E-state index contributed by atoms with van der Waals surface area (Å²) < 4.78 is 5.40. The first-order chi connectivity index (χ1) is 14.6. The van der Waals surface area contributed by atoms with E-state index in [0.29, 0.717) is 17.9 Å². The molecule has 1 aromatic rings. The fourth-order valence-electron chi connectivity index (χ4n) is 5.58. The minimum absolute atomic E-state index is 0.248. The first kappa shape index (κ1) is 21.0. The summed E-state index contributed by atoms with van der Waals surface area (Å²) >= 11 is 0. The van der Waals surface area contributed by atoms with Gasteiger partial charge in [-0.25, -0.2) is 0 Å². The van der Waals surface area contributed by atoms with Crippen molar-refractivity contribution in [3.05, 3.63) is 57.2 Å². The van der Waals surface area contributed by atoms with Gasteiger partial charge in [-0.1, -0.05) is 44.4 Å². The van der Waals surface area contributed by atoms with Gasteiger partial charge in [0.2, 0.25) is 0 Å². The van der Waals surface area contributed by atoms with Gasteiger partial charge < -0.3 is 9.64 Å². The number of amides is 1. The molecule has 3 nitrogen and oxygen atoms in total. The zero-order valence-corrected chi connectivity index (χ0v) is 18.9. The van der Waals surface area contributed by atoms with Crippen molar-refractivity contribution in [2.45, 2.75) is 71.9 Å². The highest BCUT2D eigenvalue weighted by atomic mass is 16.5. The molecule has 3 heteroatoms. The van der Waals surface area contributed by atoms with E-state index in [1.54, 1.807) is 7.11 Å². The number of ether oxygens (including phenoxy) is 1. The number of allylic oxidation sites excluding steroid dienone is 3. The molecule has 1 aromatic carbocycles. The number of carbonyl (C=O) groups excluding carboxylic acids is 1. The Hall–Kier alpha value is -2.29. The lowest BCUT2D eigenvalue weighted by molar-refractivity contribution is 0.0660. The summed E-state index contributed by atoms with van der Waals surface area (Å²) in [6.07, 6.45) is 18.0. The summed E-state index contributed by atoms with van der Waals surface area (Å²) in [7, 11) is 1.72. The van der Waals surface area contributed by atoms with Gasteiger partial charge in [0.1, 0.15) is 5.76 Å². The average molecular weight is 406 g/mol. The molecule has 0 aromatic heterocycles. The van der Waals surface area contributed by atoms with Gasteiger partial charge in [-0.05, 0) is 84.7 Å². The molecular formula is C27H35NO2. The maximum absolute atomic E-state index is 13.4. The fraction of sp³-hybridized carbons (Fsp3) is 0.519. The number of benzene rings is 1. The van der Waals surface area contributed by atoms with Crippen LogP contribution in [0.4, 0.5) is 0 Å². The standard InChI is InChI=1S/C27H35NO2/c1-5-23-20(15-19-12-13-22(30-4)14-18(19)3)16-25-26(24(23)6-2)17-28(27(25)29)21-10-8-7-9-11-21/h5-6,12-14,16,18-19,21H,7-11,15,17H2,1-4H3/b23-5-,24-6+. The smallest absolute Gasteiger partial charge is 0.254 e. The summed E-state index contributed by atoms with van der Waals surface area (Å²) in [6, 6.07) is 2.62. The number of nitrogens with zero attached hydrogens (tertiary/aromatic N) is 1. The number of carbonyl (C=O) groups is 1. The Labute approximate surface area is 180 Å². The molecular weight excluding hydrogens is 370 g/mol. The van der Waals surface area contributed by atoms with Crippen LogP contribution in [0, 0.1) is 11.8 Å². The van der Waals surface area contributed by atoms with E-state index in [0.717, 1.165) is 37.1 Å². The topological polar surface area (TPSA) is 29.5 Å². The molecule has 2 unspecified atom stereocenters. The molecule has 160 valence electrons. The molecule has 0 N–H and O–H groups in total. The monoisotopic (exact) mass is 405 g/mol. The van der Waals surface area contributed by atoms with Crippen LogP contribution in [0.1, 0.15) is 74.4 Å². The number of hydrogen-bond acceptors (Lipinski definition) is 2. The van der Waals surface area contributed by atoms with Crippen LogP contribution < -0.4 is 10.4 Å². The molecule has 30 heavy (non-hydrogen) atoms. The second kappa shape index (κ2) is 8.83. The summed E-state index contributed by atoms with van der Waals surface area (Å²) in [4.78, 5) is 15.6. The van der Waals surface area contributed by atoms with Crippen molar-refractivity contribution in [2.75, 3.05) is 7.11 Å². The maximum Gasteiger partial charge on any atom is 0.254 e. The Balaban J connectivity index is 1.70. The highest BCUT2D eigenvalue weighted by molar-refractivity contribution is 5.99. The quantitative estimate of drug-likeness (QED) is 0.740. The summed E-state index contributed by atoms with van der Waals surface area (Å²) in [5.41, 5.74) is 3.47. The highest BCUT2D eigenvalue weighted by Gasteiger charge is 2.34. The largest absolute Gasteiger partial charge is 0.497 e. The van der Waals surface area contributed by atoms with Crippen LogP contribution in [0.15, 0.2) is 30.1 Å². The van der Waals surface area contributed by atoms with Crippen LogP contribution in [-0.2, 0) is 17.7 Å². The predicted molar refractivity (Wildman–Crippen MR) is 123 cm³/mol. The number of rotatable bonds is 4. The van der Waals surface area contributed by atoms with Gasteiger partial charge in [-0.2, -0.15) is 0 Å². The Morgan fingerprint density at radius 3 is 2.50 bits per heavy atom. The van der Waals surface area contributed by atoms with E-state index >= 15 is 0 Å². The molecule has 1 amide bonds. The zero-order chi connectivity index (χ0) is 21.3. The third-order valence-electron chi connectivity index (χ3n) is 7.32.